The molecule has 2 fully saturated rings. The quantitative estimate of drug-likeness (QED) is 0.680. The third-order valence-electron chi connectivity index (χ3n) is 5.89. The molecule has 2 aromatic heterocycles. The Morgan fingerprint density at radius 2 is 1.90 bits per heavy atom. The van der Waals surface area contributed by atoms with E-state index in [0.717, 1.165) is 65.5 Å². The van der Waals surface area contributed by atoms with Crippen molar-refractivity contribution in [2.45, 2.75) is 31.8 Å². The minimum atomic E-state index is -0.238. The van der Waals surface area contributed by atoms with Crippen molar-refractivity contribution in [3.05, 3.63) is 42.5 Å². The summed E-state index contributed by atoms with van der Waals surface area (Å²) in [6, 6.07) is 8.87. The Morgan fingerprint density at radius 1 is 1.17 bits per heavy atom. The van der Waals surface area contributed by atoms with Gasteiger partial charge in [-0.2, -0.15) is 0 Å². The lowest BCUT2D eigenvalue weighted by Crippen LogP contribution is -2.54. The van der Waals surface area contributed by atoms with Crippen molar-refractivity contribution in [3.63, 3.8) is 0 Å². The molecule has 2 aliphatic rings. The summed E-state index contributed by atoms with van der Waals surface area (Å²) in [6.45, 7) is 5.26. The van der Waals surface area contributed by atoms with Crippen LogP contribution in [0.25, 0.3) is 20.7 Å². The van der Waals surface area contributed by atoms with Crippen molar-refractivity contribution in [3.8, 4) is 10.4 Å². The van der Waals surface area contributed by atoms with Gasteiger partial charge in [0.2, 0.25) is 5.91 Å². The lowest BCUT2D eigenvalue weighted by atomic mass is 10.2. The van der Waals surface area contributed by atoms with Crippen molar-refractivity contribution in [1.82, 2.24) is 20.2 Å². The molecule has 0 radical (unpaired) electrons. The maximum absolute atomic E-state index is 13.3. The highest BCUT2D eigenvalue weighted by molar-refractivity contribution is 7.22. The number of aromatic nitrogens is 2. The number of anilines is 1. The molecule has 6 nitrogen and oxygen atoms in total. The summed E-state index contributed by atoms with van der Waals surface area (Å²) in [6.07, 6.45) is 3.82. The van der Waals surface area contributed by atoms with Crippen molar-refractivity contribution in [2.75, 3.05) is 31.1 Å². The molecule has 30 heavy (non-hydrogen) atoms. The largest absolute Gasteiger partial charge is 0.353 e. The number of nitrogens with zero attached hydrogens (tertiary/aromatic N) is 4. The Hall–Kier alpha value is -2.58. The lowest BCUT2D eigenvalue weighted by molar-refractivity contribution is -0.126. The van der Waals surface area contributed by atoms with Gasteiger partial charge in [-0.05, 0) is 43.5 Å². The molecule has 3 heterocycles. The Morgan fingerprint density at radius 3 is 2.60 bits per heavy atom. The zero-order valence-electron chi connectivity index (χ0n) is 16.8. The van der Waals surface area contributed by atoms with E-state index >= 15 is 0 Å². The fourth-order valence-electron chi connectivity index (χ4n) is 3.86. The van der Waals surface area contributed by atoms with E-state index in [4.69, 9.17) is 0 Å². The fourth-order valence-corrected chi connectivity index (χ4v) is 4.99. The van der Waals surface area contributed by atoms with Crippen LogP contribution in [0.2, 0.25) is 0 Å². The summed E-state index contributed by atoms with van der Waals surface area (Å²) in [7, 11) is 0. The zero-order valence-corrected chi connectivity index (χ0v) is 17.7. The predicted molar refractivity (Wildman–Crippen MR) is 117 cm³/mol. The number of nitrogens with one attached hydrogen (secondary N) is 1. The number of piperazine rings is 1. The number of fused-ring (bicyclic) bond motifs is 1. The first-order valence-electron chi connectivity index (χ1n) is 10.4. The van der Waals surface area contributed by atoms with Crippen molar-refractivity contribution < 1.29 is 9.18 Å². The molecule has 8 heteroatoms. The average molecular weight is 426 g/mol. The summed E-state index contributed by atoms with van der Waals surface area (Å²) in [4.78, 5) is 26.9. The summed E-state index contributed by atoms with van der Waals surface area (Å²) < 4.78 is 14.3. The van der Waals surface area contributed by atoms with Crippen molar-refractivity contribution >= 4 is 33.3 Å². The minimum Gasteiger partial charge on any atom is -0.353 e. The van der Waals surface area contributed by atoms with Crippen LogP contribution in [0.4, 0.5) is 10.2 Å². The maximum atomic E-state index is 13.3. The molecule has 1 unspecified atom stereocenters. The molecular formula is C22H24FN5OS. The van der Waals surface area contributed by atoms with Gasteiger partial charge in [-0.25, -0.2) is 14.4 Å². The number of amides is 1. The van der Waals surface area contributed by atoms with Crippen LogP contribution in [0.1, 0.15) is 19.8 Å². The van der Waals surface area contributed by atoms with Crippen LogP contribution >= 0.6 is 11.3 Å². The van der Waals surface area contributed by atoms with Crippen LogP contribution in [0, 0.1) is 5.82 Å². The Labute approximate surface area is 178 Å². The van der Waals surface area contributed by atoms with Gasteiger partial charge >= 0.3 is 0 Å². The standard InChI is InChI=1S/C22H24FN5OS/c1-14(22(29)26-17-6-7-17)27-8-10-28(11-9-27)21-20-18(24-13-25-21)12-19(30-20)15-2-4-16(23)5-3-15/h2-5,12-14,17H,6-11H2,1H3,(H,26,29). The maximum Gasteiger partial charge on any atom is 0.237 e. The van der Waals surface area contributed by atoms with Gasteiger partial charge in [-0.3, -0.25) is 9.69 Å². The first-order valence-corrected chi connectivity index (χ1v) is 11.2. The molecule has 0 spiro atoms. The fraction of sp³-hybridized carbons (Fsp3) is 0.409. The molecule has 1 saturated carbocycles. The van der Waals surface area contributed by atoms with Gasteiger partial charge in [0.1, 0.15) is 18.0 Å². The van der Waals surface area contributed by atoms with E-state index in [9.17, 15) is 9.18 Å². The van der Waals surface area contributed by atoms with Crippen LogP contribution in [-0.2, 0) is 4.79 Å². The minimum absolute atomic E-state index is 0.106. The number of hydrogen-bond acceptors (Lipinski definition) is 6. The van der Waals surface area contributed by atoms with Gasteiger partial charge in [0.05, 0.1) is 16.3 Å². The van der Waals surface area contributed by atoms with Crippen LogP contribution in [-0.4, -0.2) is 59.0 Å². The smallest absolute Gasteiger partial charge is 0.237 e. The predicted octanol–water partition coefficient (Wildman–Crippen LogP) is 3.29. The Balaban J connectivity index is 1.31. The number of hydrogen-bond donors (Lipinski definition) is 1. The second-order valence-electron chi connectivity index (χ2n) is 8.01. The van der Waals surface area contributed by atoms with Crippen LogP contribution in [0.3, 0.4) is 0 Å². The summed E-state index contributed by atoms with van der Waals surface area (Å²) in [5, 5.41) is 3.10. The number of halogens is 1. The zero-order chi connectivity index (χ0) is 20.7. The van der Waals surface area contributed by atoms with Crippen molar-refractivity contribution in [2.24, 2.45) is 0 Å². The first-order chi connectivity index (χ1) is 14.6. The molecule has 5 rings (SSSR count). The molecule has 1 saturated heterocycles. The van der Waals surface area contributed by atoms with E-state index in [1.807, 2.05) is 13.0 Å². The second kappa shape index (κ2) is 7.92. The molecule has 156 valence electrons. The van der Waals surface area contributed by atoms with Crippen LogP contribution in [0.15, 0.2) is 36.7 Å². The van der Waals surface area contributed by atoms with Crippen LogP contribution in [0.5, 0.6) is 0 Å². The Kier molecular flexibility index (Phi) is 5.12. The van der Waals surface area contributed by atoms with Gasteiger partial charge in [0.25, 0.3) is 0 Å². The Bertz CT molecular complexity index is 1060. The first kappa shape index (κ1) is 19.4. The molecule has 1 aliphatic carbocycles. The molecule has 1 N–H and O–H groups in total. The van der Waals surface area contributed by atoms with E-state index in [1.165, 1.54) is 12.1 Å². The highest BCUT2D eigenvalue weighted by atomic mass is 32.1. The normalized spacial score (nSPS) is 18.5. The third-order valence-corrected chi connectivity index (χ3v) is 7.06. The third kappa shape index (κ3) is 3.89. The summed E-state index contributed by atoms with van der Waals surface area (Å²) in [5.74, 6) is 0.837. The SMILES string of the molecule is CC(C(=O)NC1CC1)N1CCN(c2ncnc3cc(-c4ccc(F)cc4)sc23)CC1. The summed E-state index contributed by atoms with van der Waals surface area (Å²) >= 11 is 1.64. The molecule has 1 aliphatic heterocycles. The molecule has 0 bridgehead atoms. The lowest BCUT2D eigenvalue weighted by Gasteiger charge is -2.38. The van der Waals surface area contributed by atoms with E-state index in [2.05, 4.69) is 25.1 Å². The molecule has 1 amide bonds. The van der Waals surface area contributed by atoms with Gasteiger partial charge in [-0.15, -0.1) is 11.3 Å². The van der Waals surface area contributed by atoms with Gasteiger partial charge < -0.3 is 10.2 Å². The number of rotatable bonds is 5. The highest BCUT2D eigenvalue weighted by Crippen LogP contribution is 2.37. The molecule has 1 aromatic carbocycles. The molecular weight excluding hydrogens is 401 g/mol. The molecule has 3 aromatic rings. The van der Waals surface area contributed by atoms with Gasteiger partial charge in [-0.1, -0.05) is 12.1 Å². The average Bonchev–Trinajstić information content (AvgIpc) is 3.47. The number of carbonyl (C=O) groups is 1. The van der Waals surface area contributed by atoms with E-state index in [1.54, 1.807) is 29.8 Å². The van der Waals surface area contributed by atoms with Crippen LogP contribution < -0.4 is 10.2 Å². The van der Waals surface area contributed by atoms with E-state index in [-0.39, 0.29) is 17.8 Å². The highest BCUT2D eigenvalue weighted by Gasteiger charge is 2.30. The monoisotopic (exact) mass is 425 g/mol. The van der Waals surface area contributed by atoms with Gasteiger partial charge in [0, 0.05) is 37.1 Å². The van der Waals surface area contributed by atoms with E-state index in [0.29, 0.717) is 6.04 Å². The van der Waals surface area contributed by atoms with Crippen molar-refractivity contribution in [1.29, 1.82) is 0 Å². The van der Waals surface area contributed by atoms with Gasteiger partial charge in [0.15, 0.2) is 0 Å². The van der Waals surface area contributed by atoms with E-state index < -0.39 is 0 Å². The topological polar surface area (TPSA) is 61.4 Å². The number of thiophene rings is 1. The number of benzene rings is 1. The second-order valence-corrected chi connectivity index (χ2v) is 9.06. The summed E-state index contributed by atoms with van der Waals surface area (Å²) in [5.41, 5.74) is 1.88. The molecule has 1 atom stereocenters. The number of carbonyl (C=O) groups excluding carboxylic acids is 1.